The molecule has 0 aliphatic carbocycles. The molecule has 0 rings (SSSR count). The molecule has 0 saturated heterocycles. The Labute approximate surface area is 127 Å². The number of phosphoric acid groups is 1. The molecular formula is C14H28NO5P. The van der Waals surface area contributed by atoms with Crippen molar-refractivity contribution in [3.05, 3.63) is 12.2 Å². The summed E-state index contributed by atoms with van der Waals surface area (Å²) in [6, 6.07) is 0. The molecule has 1 amide bonds. The van der Waals surface area contributed by atoms with E-state index in [0.29, 0.717) is 18.5 Å². The number of rotatable bonds is 13. The molecule has 6 nitrogen and oxygen atoms in total. The zero-order valence-electron chi connectivity index (χ0n) is 12.8. The van der Waals surface area contributed by atoms with Crippen LogP contribution in [-0.4, -0.2) is 28.8 Å². The number of carbonyl (C=O) groups is 1. The number of phosphoric ester groups is 1. The molecule has 3 N–H and O–H groups in total. The SMILES string of the molecule is C=C(C)C(=O)NCCCCCCCCCCOP(=O)(O)O. The molecule has 7 heteroatoms. The van der Waals surface area contributed by atoms with Crippen LogP contribution < -0.4 is 5.32 Å². The molecule has 0 heterocycles. The molecule has 0 aromatic carbocycles. The second kappa shape index (κ2) is 11.9. The molecule has 0 aliphatic rings. The summed E-state index contributed by atoms with van der Waals surface area (Å²) < 4.78 is 14.8. The van der Waals surface area contributed by atoms with E-state index in [2.05, 4.69) is 16.4 Å². The maximum atomic E-state index is 11.2. The van der Waals surface area contributed by atoms with E-state index >= 15 is 0 Å². The standard InChI is InChI=1S/C14H28NO5P/c1-13(2)14(16)15-11-9-7-5-3-4-6-8-10-12-20-21(17,18)19/h1,3-12H2,2H3,(H,15,16)(H2,17,18,19). The summed E-state index contributed by atoms with van der Waals surface area (Å²) in [4.78, 5) is 28.2. The van der Waals surface area contributed by atoms with E-state index in [9.17, 15) is 9.36 Å². The maximum absolute atomic E-state index is 11.2. The molecule has 0 atom stereocenters. The van der Waals surface area contributed by atoms with Gasteiger partial charge in [0.1, 0.15) is 0 Å². The van der Waals surface area contributed by atoms with Crippen LogP contribution in [0.15, 0.2) is 12.2 Å². The van der Waals surface area contributed by atoms with Gasteiger partial charge in [-0.15, -0.1) is 0 Å². The number of amides is 1. The summed E-state index contributed by atoms with van der Waals surface area (Å²) in [7, 11) is -4.29. The lowest BCUT2D eigenvalue weighted by Gasteiger charge is -2.05. The molecule has 21 heavy (non-hydrogen) atoms. The molecule has 0 aliphatic heterocycles. The Hall–Kier alpha value is -0.680. The van der Waals surface area contributed by atoms with Gasteiger partial charge in [-0.05, 0) is 19.8 Å². The van der Waals surface area contributed by atoms with Crippen molar-refractivity contribution in [2.24, 2.45) is 0 Å². The van der Waals surface area contributed by atoms with E-state index in [1.807, 2.05) is 0 Å². The lowest BCUT2D eigenvalue weighted by molar-refractivity contribution is -0.117. The van der Waals surface area contributed by atoms with E-state index < -0.39 is 7.82 Å². The van der Waals surface area contributed by atoms with Crippen molar-refractivity contribution < 1.29 is 23.7 Å². The summed E-state index contributed by atoms with van der Waals surface area (Å²) in [6.45, 7) is 6.09. The van der Waals surface area contributed by atoms with Crippen molar-refractivity contribution in [3.63, 3.8) is 0 Å². The number of unbranched alkanes of at least 4 members (excludes halogenated alkanes) is 7. The summed E-state index contributed by atoms with van der Waals surface area (Å²) in [5.41, 5.74) is 0.540. The molecule has 0 unspecified atom stereocenters. The summed E-state index contributed by atoms with van der Waals surface area (Å²) in [5, 5.41) is 2.80. The van der Waals surface area contributed by atoms with Gasteiger partial charge >= 0.3 is 7.82 Å². The fourth-order valence-electron chi connectivity index (χ4n) is 1.82. The van der Waals surface area contributed by atoms with Crippen molar-refractivity contribution in [1.82, 2.24) is 5.32 Å². The van der Waals surface area contributed by atoms with Gasteiger partial charge in [0, 0.05) is 12.1 Å². The molecule has 0 aromatic heterocycles. The minimum Gasteiger partial charge on any atom is -0.352 e. The molecule has 0 bridgehead atoms. The van der Waals surface area contributed by atoms with Crippen LogP contribution in [-0.2, 0) is 13.9 Å². The minimum absolute atomic E-state index is 0.0764. The molecule has 0 spiro atoms. The Morgan fingerprint density at radius 2 is 1.52 bits per heavy atom. The van der Waals surface area contributed by atoms with E-state index in [4.69, 9.17) is 9.79 Å². The zero-order chi connectivity index (χ0) is 16.1. The van der Waals surface area contributed by atoms with E-state index in [-0.39, 0.29) is 12.5 Å². The second-order valence-electron chi connectivity index (χ2n) is 5.19. The third-order valence-electron chi connectivity index (χ3n) is 3.00. The van der Waals surface area contributed by atoms with Gasteiger partial charge < -0.3 is 15.1 Å². The summed E-state index contributed by atoms with van der Waals surface area (Å²) >= 11 is 0. The third kappa shape index (κ3) is 15.5. The largest absolute Gasteiger partial charge is 0.469 e. The van der Waals surface area contributed by atoms with Crippen LogP contribution in [0.25, 0.3) is 0 Å². The van der Waals surface area contributed by atoms with Gasteiger partial charge in [-0.3, -0.25) is 9.32 Å². The quantitative estimate of drug-likeness (QED) is 0.275. The predicted octanol–water partition coefficient (Wildman–Crippen LogP) is 2.91. The van der Waals surface area contributed by atoms with E-state index in [1.54, 1.807) is 6.92 Å². The van der Waals surface area contributed by atoms with Crippen LogP contribution in [0.2, 0.25) is 0 Å². The smallest absolute Gasteiger partial charge is 0.352 e. The van der Waals surface area contributed by atoms with Gasteiger partial charge in [0.15, 0.2) is 0 Å². The fourth-order valence-corrected chi connectivity index (χ4v) is 2.19. The minimum atomic E-state index is -4.29. The molecule has 0 aromatic rings. The van der Waals surface area contributed by atoms with Gasteiger partial charge in [0.05, 0.1) is 6.61 Å². The average molecular weight is 321 g/mol. The van der Waals surface area contributed by atoms with Crippen LogP contribution in [0.5, 0.6) is 0 Å². The fraction of sp³-hybridized carbons (Fsp3) is 0.786. The van der Waals surface area contributed by atoms with Crippen molar-refractivity contribution in [1.29, 1.82) is 0 Å². The van der Waals surface area contributed by atoms with E-state index in [1.165, 1.54) is 0 Å². The van der Waals surface area contributed by atoms with Crippen molar-refractivity contribution in [2.45, 2.75) is 58.3 Å². The predicted molar refractivity (Wildman–Crippen MR) is 82.8 cm³/mol. The van der Waals surface area contributed by atoms with Gasteiger partial charge in [-0.1, -0.05) is 45.1 Å². The Morgan fingerprint density at radius 3 is 2.00 bits per heavy atom. The second-order valence-corrected chi connectivity index (χ2v) is 6.43. The molecule has 0 fully saturated rings. The molecule has 0 radical (unpaired) electrons. The highest BCUT2D eigenvalue weighted by atomic mass is 31.2. The van der Waals surface area contributed by atoms with Crippen LogP contribution in [0.4, 0.5) is 0 Å². The van der Waals surface area contributed by atoms with Crippen LogP contribution in [0, 0.1) is 0 Å². The van der Waals surface area contributed by atoms with Gasteiger partial charge in [0.25, 0.3) is 0 Å². The molecular weight excluding hydrogens is 293 g/mol. The highest BCUT2D eigenvalue weighted by molar-refractivity contribution is 7.46. The van der Waals surface area contributed by atoms with Gasteiger partial charge in [-0.25, -0.2) is 4.57 Å². The number of hydrogen-bond acceptors (Lipinski definition) is 3. The summed E-state index contributed by atoms with van der Waals surface area (Å²) in [5.74, 6) is -0.0764. The topological polar surface area (TPSA) is 95.9 Å². The number of hydrogen-bond donors (Lipinski definition) is 3. The lowest BCUT2D eigenvalue weighted by atomic mass is 10.1. The monoisotopic (exact) mass is 321 g/mol. The Kier molecular flexibility index (Phi) is 11.5. The molecule has 124 valence electrons. The van der Waals surface area contributed by atoms with Crippen LogP contribution in [0.3, 0.4) is 0 Å². The third-order valence-corrected chi connectivity index (χ3v) is 3.52. The Balaban J connectivity index is 3.18. The van der Waals surface area contributed by atoms with Crippen LogP contribution >= 0.6 is 7.82 Å². The Bertz CT molecular complexity index is 353. The van der Waals surface area contributed by atoms with Gasteiger partial charge in [0.2, 0.25) is 5.91 Å². The van der Waals surface area contributed by atoms with Gasteiger partial charge in [-0.2, -0.15) is 0 Å². The maximum Gasteiger partial charge on any atom is 0.469 e. The average Bonchev–Trinajstić information content (AvgIpc) is 2.38. The van der Waals surface area contributed by atoms with Crippen molar-refractivity contribution >= 4 is 13.7 Å². The first kappa shape index (κ1) is 20.3. The number of nitrogens with one attached hydrogen (secondary N) is 1. The first-order valence-corrected chi connectivity index (χ1v) is 9.00. The highest BCUT2D eigenvalue weighted by Crippen LogP contribution is 2.35. The van der Waals surface area contributed by atoms with Crippen molar-refractivity contribution in [3.8, 4) is 0 Å². The number of carbonyl (C=O) groups excluding carboxylic acids is 1. The lowest BCUT2D eigenvalue weighted by Crippen LogP contribution is -2.24. The Morgan fingerprint density at radius 1 is 1.05 bits per heavy atom. The first-order valence-electron chi connectivity index (χ1n) is 7.47. The normalized spacial score (nSPS) is 11.4. The molecule has 0 saturated carbocycles. The zero-order valence-corrected chi connectivity index (χ0v) is 13.7. The van der Waals surface area contributed by atoms with Crippen molar-refractivity contribution in [2.75, 3.05) is 13.2 Å². The highest BCUT2D eigenvalue weighted by Gasteiger charge is 2.12. The summed E-state index contributed by atoms with van der Waals surface area (Å²) in [6.07, 6.45) is 8.14. The first-order chi connectivity index (χ1) is 9.83. The van der Waals surface area contributed by atoms with Crippen LogP contribution in [0.1, 0.15) is 58.3 Å². The van der Waals surface area contributed by atoms with E-state index in [0.717, 1.165) is 44.9 Å².